The van der Waals surface area contributed by atoms with Gasteiger partial charge in [0.15, 0.2) is 5.76 Å². The third-order valence-corrected chi connectivity index (χ3v) is 4.21. The Morgan fingerprint density at radius 3 is 2.86 bits per heavy atom. The first-order chi connectivity index (χ1) is 13.8. The minimum absolute atomic E-state index is 0.0979. The van der Waals surface area contributed by atoms with Gasteiger partial charge in [-0.05, 0) is 23.6 Å². The molecule has 0 spiro atoms. The minimum atomic E-state index is -0.0979. The van der Waals surface area contributed by atoms with Crippen LogP contribution in [0.4, 0.5) is 0 Å². The summed E-state index contributed by atoms with van der Waals surface area (Å²) >= 11 is 0. The largest absolute Gasteiger partial charge is 0.491 e. The number of hydrogen-bond acceptors (Lipinski definition) is 6. The van der Waals surface area contributed by atoms with Gasteiger partial charge in [-0.1, -0.05) is 41.6 Å². The van der Waals surface area contributed by atoms with E-state index in [1.54, 1.807) is 18.4 Å². The number of amides is 1. The number of aromatic nitrogens is 2. The summed E-state index contributed by atoms with van der Waals surface area (Å²) in [5.41, 5.74) is 0. The first-order valence-corrected chi connectivity index (χ1v) is 9.03. The van der Waals surface area contributed by atoms with Gasteiger partial charge in [0, 0.05) is 18.2 Å². The summed E-state index contributed by atoms with van der Waals surface area (Å²) in [6.45, 7) is 0.812. The van der Waals surface area contributed by atoms with Crippen LogP contribution in [-0.2, 0) is 11.2 Å². The molecule has 0 fully saturated rings. The summed E-state index contributed by atoms with van der Waals surface area (Å²) in [7, 11) is 0. The summed E-state index contributed by atoms with van der Waals surface area (Å²) in [5, 5.41) is 8.85. The Labute approximate surface area is 161 Å². The minimum Gasteiger partial charge on any atom is -0.491 e. The highest BCUT2D eigenvalue weighted by Gasteiger charge is 2.12. The number of carbonyl (C=O) groups is 1. The highest BCUT2D eigenvalue weighted by Crippen LogP contribution is 2.24. The Balaban J connectivity index is 1.21. The normalized spacial score (nSPS) is 10.9. The smallest absolute Gasteiger partial charge is 0.238 e. The molecule has 28 heavy (non-hydrogen) atoms. The van der Waals surface area contributed by atoms with Crippen molar-refractivity contribution < 1.29 is 18.5 Å². The lowest BCUT2D eigenvalue weighted by molar-refractivity contribution is -0.121. The zero-order chi connectivity index (χ0) is 19.2. The zero-order valence-electron chi connectivity index (χ0n) is 15.1. The van der Waals surface area contributed by atoms with E-state index >= 15 is 0 Å². The van der Waals surface area contributed by atoms with Crippen LogP contribution in [0.2, 0.25) is 0 Å². The Kier molecular flexibility index (Phi) is 5.33. The molecule has 0 unspecified atom stereocenters. The second-order valence-corrected chi connectivity index (χ2v) is 6.16. The Bertz CT molecular complexity index is 1050. The molecule has 142 valence electrons. The molecule has 1 N–H and O–H groups in total. The van der Waals surface area contributed by atoms with Gasteiger partial charge in [-0.3, -0.25) is 4.79 Å². The second kappa shape index (κ2) is 8.39. The molecule has 0 saturated heterocycles. The van der Waals surface area contributed by atoms with Crippen LogP contribution in [0.15, 0.2) is 69.8 Å². The van der Waals surface area contributed by atoms with Crippen molar-refractivity contribution in [2.75, 3.05) is 13.2 Å². The van der Waals surface area contributed by atoms with Crippen molar-refractivity contribution in [3.63, 3.8) is 0 Å². The predicted molar refractivity (Wildman–Crippen MR) is 103 cm³/mol. The molecular weight excluding hydrogens is 358 g/mol. The molecule has 0 saturated carbocycles. The van der Waals surface area contributed by atoms with E-state index in [9.17, 15) is 4.79 Å². The lowest BCUT2D eigenvalue weighted by Gasteiger charge is -2.10. The molecule has 2 heterocycles. The Morgan fingerprint density at radius 1 is 1.07 bits per heavy atom. The summed E-state index contributed by atoms with van der Waals surface area (Å²) in [6, 6.07) is 17.5. The van der Waals surface area contributed by atoms with Gasteiger partial charge in [-0.25, -0.2) is 0 Å². The highest BCUT2D eigenvalue weighted by molar-refractivity contribution is 5.88. The van der Waals surface area contributed by atoms with Crippen molar-refractivity contribution in [2.24, 2.45) is 0 Å². The number of nitrogens with zero attached hydrogens (tertiary/aromatic N) is 2. The lowest BCUT2D eigenvalue weighted by atomic mass is 10.1. The molecule has 0 aliphatic carbocycles. The van der Waals surface area contributed by atoms with Crippen molar-refractivity contribution in [3.05, 3.63) is 66.8 Å². The molecule has 0 aliphatic heterocycles. The molecule has 4 aromatic rings. The van der Waals surface area contributed by atoms with Crippen LogP contribution in [0.5, 0.6) is 5.75 Å². The van der Waals surface area contributed by atoms with E-state index in [0.29, 0.717) is 37.0 Å². The maximum atomic E-state index is 12.0. The number of fused-ring (bicyclic) bond motifs is 1. The van der Waals surface area contributed by atoms with E-state index in [1.807, 2.05) is 42.5 Å². The van der Waals surface area contributed by atoms with E-state index < -0.39 is 0 Å². The molecule has 7 nitrogen and oxygen atoms in total. The van der Waals surface area contributed by atoms with E-state index in [0.717, 1.165) is 16.5 Å². The van der Waals surface area contributed by atoms with Gasteiger partial charge in [-0.2, -0.15) is 4.98 Å². The molecule has 2 aromatic heterocycles. The second-order valence-electron chi connectivity index (χ2n) is 6.16. The fourth-order valence-electron chi connectivity index (χ4n) is 2.84. The summed E-state index contributed by atoms with van der Waals surface area (Å²) < 4.78 is 16.2. The van der Waals surface area contributed by atoms with Gasteiger partial charge in [0.25, 0.3) is 0 Å². The number of ether oxygens (including phenoxy) is 1. The number of hydrogen-bond donors (Lipinski definition) is 1. The van der Waals surface area contributed by atoms with Gasteiger partial charge in [0.05, 0.1) is 12.8 Å². The molecule has 0 atom stereocenters. The van der Waals surface area contributed by atoms with E-state index in [1.165, 1.54) is 0 Å². The van der Waals surface area contributed by atoms with Gasteiger partial charge in [0.2, 0.25) is 17.6 Å². The maximum Gasteiger partial charge on any atom is 0.238 e. The fourth-order valence-corrected chi connectivity index (χ4v) is 2.84. The van der Waals surface area contributed by atoms with E-state index in [4.69, 9.17) is 13.7 Å². The van der Waals surface area contributed by atoms with Crippen LogP contribution in [-0.4, -0.2) is 29.2 Å². The molecule has 1 amide bonds. The summed E-state index contributed by atoms with van der Waals surface area (Å²) in [4.78, 5) is 16.2. The van der Waals surface area contributed by atoms with Gasteiger partial charge in [0.1, 0.15) is 12.4 Å². The Hall–Kier alpha value is -3.61. The zero-order valence-corrected chi connectivity index (χ0v) is 15.1. The molecule has 7 heteroatoms. The maximum absolute atomic E-state index is 12.0. The number of furan rings is 1. The van der Waals surface area contributed by atoms with E-state index in [-0.39, 0.29) is 12.3 Å². The van der Waals surface area contributed by atoms with Crippen LogP contribution in [0, 0.1) is 0 Å². The first kappa shape index (κ1) is 17.8. The van der Waals surface area contributed by atoms with Crippen LogP contribution >= 0.6 is 0 Å². The quantitative estimate of drug-likeness (QED) is 0.472. The number of aryl methyl sites for hydroxylation is 1. The average molecular weight is 377 g/mol. The van der Waals surface area contributed by atoms with Gasteiger partial charge >= 0.3 is 0 Å². The standard InChI is InChI=1S/C21H19N3O4/c25-19(10-11-20-23-21(24-28-20)18-9-4-13-26-18)22-12-14-27-17-8-3-6-15-5-1-2-7-16(15)17/h1-9,13H,10-12,14H2,(H,22,25). The van der Waals surface area contributed by atoms with Crippen LogP contribution in [0.1, 0.15) is 12.3 Å². The molecule has 4 rings (SSSR count). The van der Waals surface area contributed by atoms with Crippen molar-refractivity contribution in [1.82, 2.24) is 15.5 Å². The van der Waals surface area contributed by atoms with Crippen LogP contribution in [0.25, 0.3) is 22.4 Å². The average Bonchev–Trinajstić information content (AvgIpc) is 3.41. The van der Waals surface area contributed by atoms with Crippen molar-refractivity contribution >= 4 is 16.7 Å². The number of carbonyl (C=O) groups excluding carboxylic acids is 1. The topological polar surface area (TPSA) is 90.4 Å². The number of benzene rings is 2. The number of rotatable bonds is 8. The molecular formula is C21H19N3O4. The van der Waals surface area contributed by atoms with Crippen molar-refractivity contribution in [3.8, 4) is 17.3 Å². The van der Waals surface area contributed by atoms with Gasteiger partial charge in [-0.15, -0.1) is 0 Å². The highest BCUT2D eigenvalue weighted by atomic mass is 16.5. The van der Waals surface area contributed by atoms with Gasteiger partial charge < -0.3 is 19.0 Å². The summed E-state index contributed by atoms with van der Waals surface area (Å²) in [6.07, 6.45) is 2.16. The predicted octanol–water partition coefficient (Wildman–Crippen LogP) is 3.61. The molecule has 0 aliphatic rings. The third-order valence-electron chi connectivity index (χ3n) is 4.21. The fraction of sp³-hybridized carbons (Fsp3) is 0.190. The molecule has 0 bridgehead atoms. The first-order valence-electron chi connectivity index (χ1n) is 9.03. The van der Waals surface area contributed by atoms with Crippen molar-refractivity contribution in [1.29, 1.82) is 0 Å². The molecule has 0 radical (unpaired) electrons. The van der Waals surface area contributed by atoms with Crippen LogP contribution < -0.4 is 10.1 Å². The van der Waals surface area contributed by atoms with E-state index in [2.05, 4.69) is 15.5 Å². The summed E-state index contributed by atoms with van der Waals surface area (Å²) in [5.74, 6) is 2.02. The third kappa shape index (κ3) is 4.20. The SMILES string of the molecule is O=C(CCc1nc(-c2ccco2)no1)NCCOc1cccc2ccccc12. The lowest BCUT2D eigenvalue weighted by Crippen LogP contribution is -2.28. The Morgan fingerprint density at radius 2 is 1.96 bits per heavy atom. The number of nitrogens with one attached hydrogen (secondary N) is 1. The molecule has 2 aromatic carbocycles. The monoisotopic (exact) mass is 377 g/mol. The van der Waals surface area contributed by atoms with Crippen molar-refractivity contribution in [2.45, 2.75) is 12.8 Å². The van der Waals surface area contributed by atoms with Crippen LogP contribution in [0.3, 0.4) is 0 Å².